The Kier molecular flexibility index (Phi) is 4.03. The molecule has 1 aliphatic heterocycles. The fourth-order valence-corrected chi connectivity index (χ4v) is 2.89. The zero-order chi connectivity index (χ0) is 16.4. The number of aromatic nitrogens is 1. The zero-order valence-electron chi connectivity index (χ0n) is 13.2. The molecule has 0 saturated carbocycles. The highest BCUT2D eigenvalue weighted by Gasteiger charge is 2.34. The van der Waals surface area contributed by atoms with Gasteiger partial charge in [-0.3, -0.25) is 9.78 Å². The van der Waals surface area contributed by atoms with Crippen molar-refractivity contribution >= 4 is 5.91 Å². The average molecular weight is 314 g/mol. The molecule has 1 atom stereocenters. The third kappa shape index (κ3) is 3.67. The molecule has 4 nitrogen and oxygen atoms in total. The lowest BCUT2D eigenvalue weighted by Gasteiger charge is -2.37. The molecule has 1 aliphatic rings. The number of rotatable bonds is 3. The molecule has 23 heavy (non-hydrogen) atoms. The molecule has 0 saturated heterocycles. The van der Waals surface area contributed by atoms with Crippen molar-refractivity contribution in [2.75, 3.05) is 0 Å². The Bertz CT molecular complexity index is 716. The van der Waals surface area contributed by atoms with Gasteiger partial charge in [0.2, 0.25) is 5.91 Å². The van der Waals surface area contributed by atoms with Crippen LogP contribution in [0.3, 0.4) is 0 Å². The monoisotopic (exact) mass is 314 g/mol. The number of ether oxygens (including phenoxy) is 1. The first-order valence-corrected chi connectivity index (χ1v) is 7.60. The minimum absolute atomic E-state index is 0.0871. The highest BCUT2D eigenvalue weighted by molar-refractivity contribution is 5.79. The standard InChI is InChI=1S/C18H19FN2O2/c1-18(2)10-15(14-6-5-13(19)9-16(14)23-18)21-17(22)8-12-4-3-7-20-11-12/h3-7,9,11,15H,8,10H2,1-2H3,(H,21,22)/t15-/m0/s1. The summed E-state index contributed by atoms with van der Waals surface area (Å²) in [4.78, 5) is 16.3. The van der Waals surface area contributed by atoms with E-state index in [1.54, 1.807) is 24.5 Å². The van der Waals surface area contributed by atoms with Gasteiger partial charge in [-0.25, -0.2) is 4.39 Å². The number of nitrogens with one attached hydrogen (secondary N) is 1. The number of nitrogens with zero attached hydrogens (tertiary/aromatic N) is 1. The molecule has 5 heteroatoms. The second-order valence-electron chi connectivity index (χ2n) is 6.41. The highest BCUT2D eigenvalue weighted by Crippen LogP contribution is 2.39. The molecule has 2 heterocycles. The number of benzene rings is 1. The Morgan fingerprint density at radius 2 is 2.26 bits per heavy atom. The molecule has 2 aromatic rings. The molecule has 120 valence electrons. The second-order valence-corrected chi connectivity index (χ2v) is 6.41. The predicted octanol–water partition coefficient (Wildman–Crippen LogP) is 3.18. The minimum Gasteiger partial charge on any atom is -0.487 e. The van der Waals surface area contributed by atoms with Crippen LogP contribution in [0.4, 0.5) is 4.39 Å². The van der Waals surface area contributed by atoms with Crippen molar-refractivity contribution in [2.45, 2.75) is 38.3 Å². The molecule has 1 amide bonds. The van der Waals surface area contributed by atoms with E-state index >= 15 is 0 Å². The van der Waals surface area contributed by atoms with Gasteiger partial charge in [-0.1, -0.05) is 12.1 Å². The number of fused-ring (bicyclic) bond motifs is 1. The maximum Gasteiger partial charge on any atom is 0.224 e. The van der Waals surface area contributed by atoms with E-state index in [0.717, 1.165) is 11.1 Å². The molecule has 1 N–H and O–H groups in total. The Hall–Kier alpha value is -2.43. The first kappa shape index (κ1) is 15.5. The Morgan fingerprint density at radius 1 is 1.43 bits per heavy atom. The van der Waals surface area contributed by atoms with Crippen LogP contribution in [-0.2, 0) is 11.2 Å². The van der Waals surface area contributed by atoms with Gasteiger partial charge < -0.3 is 10.1 Å². The van der Waals surface area contributed by atoms with E-state index in [0.29, 0.717) is 12.2 Å². The molecule has 0 spiro atoms. The molecule has 0 fully saturated rings. The van der Waals surface area contributed by atoms with Gasteiger partial charge in [0.15, 0.2) is 0 Å². The van der Waals surface area contributed by atoms with Crippen molar-refractivity contribution in [3.8, 4) is 5.75 Å². The van der Waals surface area contributed by atoms with Crippen LogP contribution in [-0.4, -0.2) is 16.5 Å². The van der Waals surface area contributed by atoms with Crippen molar-refractivity contribution < 1.29 is 13.9 Å². The van der Waals surface area contributed by atoms with E-state index in [2.05, 4.69) is 10.3 Å². The van der Waals surface area contributed by atoms with Crippen molar-refractivity contribution in [1.29, 1.82) is 0 Å². The lowest BCUT2D eigenvalue weighted by atomic mass is 9.89. The van der Waals surface area contributed by atoms with E-state index in [9.17, 15) is 9.18 Å². The van der Waals surface area contributed by atoms with Gasteiger partial charge in [0, 0.05) is 30.4 Å². The number of hydrogen-bond acceptors (Lipinski definition) is 3. The molecule has 1 aromatic heterocycles. The van der Waals surface area contributed by atoms with Crippen LogP contribution in [0.1, 0.15) is 37.4 Å². The molecule has 0 bridgehead atoms. The van der Waals surface area contributed by atoms with Gasteiger partial charge in [-0.2, -0.15) is 0 Å². The van der Waals surface area contributed by atoms with E-state index in [4.69, 9.17) is 4.74 Å². The number of carbonyl (C=O) groups is 1. The molecule has 1 aromatic carbocycles. The van der Waals surface area contributed by atoms with Crippen LogP contribution in [0.5, 0.6) is 5.75 Å². The normalized spacial score (nSPS) is 18.7. The van der Waals surface area contributed by atoms with Crippen molar-refractivity contribution in [1.82, 2.24) is 10.3 Å². The predicted molar refractivity (Wildman–Crippen MR) is 84.5 cm³/mol. The smallest absolute Gasteiger partial charge is 0.224 e. The summed E-state index contributed by atoms with van der Waals surface area (Å²) in [6, 6.07) is 7.91. The summed E-state index contributed by atoms with van der Waals surface area (Å²) < 4.78 is 19.3. The number of amides is 1. The van der Waals surface area contributed by atoms with Crippen LogP contribution in [0.15, 0.2) is 42.7 Å². The van der Waals surface area contributed by atoms with E-state index < -0.39 is 5.60 Å². The van der Waals surface area contributed by atoms with Gasteiger partial charge in [0.25, 0.3) is 0 Å². The summed E-state index contributed by atoms with van der Waals surface area (Å²) in [5.41, 5.74) is 1.20. The van der Waals surface area contributed by atoms with Crippen LogP contribution in [0.2, 0.25) is 0 Å². The number of hydrogen-bond donors (Lipinski definition) is 1. The largest absolute Gasteiger partial charge is 0.487 e. The van der Waals surface area contributed by atoms with Crippen molar-refractivity contribution in [3.05, 3.63) is 59.7 Å². The summed E-state index contributed by atoms with van der Waals surface area (Å²) in [7, 11) is 0. The van der Waals surface area contributed by atoms with Gasteiger partial charge in [0.1, 0.15) is 17.2 Å². The maximum absolute atomic E-state index is 13.4. The molecule has 0 unspecified atom stereocenters. The van der Waals surface area contributed by atoms with Gasteiger partial charge in [-0.15, -0.1) is 0 Å². The summed E-state index contributed by atoms with van der Waals surface area (Å²) in [6.07, 6.45) is 4.25. The van der Waals surface area contributed by atoms with E-state index in [-0.39, 0.29) is 24.2 Å². The highest BCUT2D eigenvalue weighted by atomic mass is 19.1. The minimum atomic E-state index is -0.465. The molecule has 0 aliphatic carbocycles. The van der Waals surface area contributed by atoms with Crippen LogP contribution < -0.4 is 10.1 Å². The van der Waals surface area contributed by atoms with Crippen molar-refractivity contribution in [2.24, 2.45) is 0 Å². The number of pyridine rings is 1. The van der Waals surface area contributed by atoms with Gasteiger partial charge in [0.05, 0.1) is 12.5 Å². The summed E-state index contributed by atoms with van der Waals surface area (Å²) in [6.45, 7) is 3.86. The second kappa shape index (κ2) is 5.99. The van der Waals surface area contributed by atoms with E-state index in [1.807, 2.05) is 19.9 Å². The van der Waals surface area contributed by atoms with Gasteiger partial charge in [-0.05, 0) is 31.5 Å². The number of halogens is 1. The van der Waals surface area contributed by atoms with Crippen LogP contribution in [0, 0.1) is 5.82 Å². The quantitative estimate of drug-likeness (QED) is 0.946. The Morgan fingerprint density at radius 3 is 3.00 bits per heavy atom. The first-order chi connectivity index (χ1) is 10.9. The number of carbonyl (C=O) groups excluding carboxylic acids is 1. The summed E-state index contributed by atoms with van der Waals surface area (Å²) >= 11 is 0. The lowest BCUT2D eigenvalue weighted by Crippen LogP contribution is -2.41. The van der Waals surface area contributed by atoms with Crippen LogP contribution in [0.25, 0.3) is 0 Å². The van der Waals surface area contributed by atoms with Crippen molar-refractivity contribution in [3.63, 3.8) is 0 Å². The Labute approximate surface area is 134 Å². The topological polar surface area (TPSA) is 51.2 Å². The molecular formula is C18H19FN2O2. The molecular weight excluding hydrogens is 295 g/mol. The first-order valence-electron chi connectivity index (χ1n) is 7.60. The maximum atomic E-state index is 13.4. The molecule has 3 rings (SSSR count). The Balaban J connectivity index is 1.78. The third-order valence-corrected chi connectivity index (χ3v) is 3.86. The lowest BCUT2D eigenvalue weighted by molar-refractivity contribution is -0.121. The summed E-state index contributed by atoms with van der Waals surface area (Å²) in [5.74, 6) is 0.0609. The molecule has 0 radical (unpaired) electrons. The fraction of sp³-hybridized carbons (Fsp3) is 0.333. The van der Waals surface area contributed by atoms with Gasteiger partial charge >= 0.3 is 0 Å². The SMILES string of the molecule is CC1(C)C[C@H](NC(=O)Cc2cccnc2)c2ccc(F)cc2O1. The fourth-order valence-electron chi connectivity index (χ4n) is 2.89. The van der Waals surface area contributed by atoms with E-state index in [1.165, 1.54) is 12.1 Å². The average Bonchev–Trinajstić information content (AvgIpc) is 2.46. The summed E-state index contributed by atoms with van der Waals surface area (Å²) in [5, 5.41) is 3.03. The zero-order valence-corrected chi connectivity index (χ0v) is 13.2. The third-order valence-electron chi connectivity index (χ3n) is 3.86. The van der Waals surface area contributed by atoms with Crippen LogP contribution >= 0.6 is 0 Å².